The summed E-state index contributed by atoms with van der Waals surface area (Å²) in [6, 6.07) is 14.4. The zero-order chi connectivity index (χ0) is 25.8. The first-order chi connectivity index (χ1) is 18.0. The third-order valence-corrected chi connectivity index (χ3v) is 6.74. The molecule has 0 bridgehead atoms. The number of likely N-dealkylation sites (tertiary alicyclic amines) is 1. The van der Waals surface area contributed by atoms with Crippen molar-refractivity contribution in [2.24, 2.45) is 0 Å². The second kappa shape index (κ2) is 10.8. The van der Waals surface area contributed by atoms with E-state index in [0.29, 0.717) is 30.8 Å². The minimum atomic E-state index is -0.897. The maximum absolute atomic E-state index is 13.2. The van der Waals surface area contributed by atoms with E-state index in [1.54, 1.807) is 11.7 Å². The fourth-order valence-corrected chi connectivity index (χ4v) is 4.65. The van der Waals surface area contributed by atoms with Crippen molar-refractivity contribution in [3.05, 3.63) is 71.8 Å². The van der Waals surface area contributed by atoms with E-state index >= 15 is 0 Å². The van der Waals surface area contributed by atoms with Gasteiger partial charge in [0.2, 0.25) is 11.7 Å². The molecule has 2 aliphatic heterocycles. The Kier molecular flexibility index (Phi) is 7.16. The lowest BCUT2D eigenvalue weighted by atomic mass is 10.1. The summed E-state index contributed by atoms with van der Waals surface area (Å²) in [5.41, 5.74) is 2.59. The van der Waals surface area contributed by atoms with E-state index in [4.69, 9.17) is 4.74 Å². The van der Waals surface area contributed by atoms with Gasteiger partial charge in [-0.05, 0) is 42.5 Å². The number of aryl methyl sites for hydroxylation is 1. The maximum Gasteiger partial charge on any atom is 0.291 e. The minimum Gasteiger partial charge on any atom is -0.489 e. The number of fused-ring (bicyclic) bond motifs is 1. The molecule has 10 heteroatoms. The fraction of sp³-hybridized carbons (Fsp3) is 0.370. The number of nitrogens with zero attached hydrogens (tertiary/aromatic N) is 5. The van der Waals surface area contributed by atoms with Crippen molar-refractivity contribution in [2.75, 3.05) is 31.6 Å². The Bertz CT molecular complexity index is 1290. The van der Waals surface area contributed by atoms with E-state index in [-0.39, 0.29) is 24.2 Å². The van der Waals surface area contributed by atoms with Gasteiger partial charge in [0.1, 0.15) is 24.7 Å². The lowest BCUT2D eigenvalue weighted by Gasteiger charge is -2.20. The number of aromatic nitrogens is 3. The summed E-state index contributed by atoms with van der Waals surface area (Å²) in [4.78, 5) is 45.9. The van der Waals surface area contributed by atoms with Crippen LogP contribution >= 0.6 is 0 Å². The molecule has 0 radical (unpaired) electrons. The van der Waals surface area contributed by atoms with Crippen molar-refractivity contribution < 1.29 is 19.1 Å². The van der Waals surface area contributed by atoms with Crippen LogP contribution in [-0.4, -0.2) is 70.2 Å². The van der Waals surface area contributed by atoms with E-state index in [2.05, 4.69) is 15.4 Å². The normalized spacial score (nSPS) is 17.2. The number of carbonyl (C=O) groups excluding carboxylic acids is 3. The molecule has 3 heterocycles. The largest absolute Gasteiger partial charge is 0.489 e. The molecular weight excluding hydrogens is 472 g/mol. The third kappa shape index (κ3) is 5.63. The van der Waals surface area contributed by atoms with E-state index in [9.17, 15) is 14.4 Å². The van der Waals surface area contributed by atoms with Gasteiger partial charge in [-0.3, -0.25) is 14.4 Å². The summed E-state index contributed by atoms with van der Waals surface area (Å²) in [5.74, 6) is -0.156. The van der Waals surface area contributed by atoms with Crippen LogP contribution in [0.25, 0.3) is 0 Å². The van der Waals surface area contributed by atoms with Gasteiger partial charge < -0.3 is 19.9 Å². The smallest absolute Gasteiger partial charge is 0.291 e. The Morgan fingerprint density at radius 3 is 2.65 bits per heavy atom. The highest BCUT2D eigenvalue weighted by Crippen LogP contribution is 2.32. The minimum absolute atomic E-state index is 0.0145. The predicted molar refractivity (Wildman–Crippen MR) is 136 cm³/mol. The molecule has 1 aromatic heterocycles. The molecule has 0 saturated carbocycles. The Morgan fingerprint density at radius 2 is 1.86 bits per heavy atom. The van der Waals surface area contributed by atoms with Gasteiger partial charge in [-0.25, -0.2) is 9.67 Å². The van der Waals surface area contributed by atoms with Crippen molar-refractivity contribution in [3.8, 4) is 5.75 Å². The van der Waals surface area contributed by atoms with Gasteiger partial charge in [0.25, 0.3) is 11.8 Å². The summed E-state index contributed by atoms with van der Waals surface area (Å²) in [7, 11) is 1.65. The van der Waals surface area contributed by atoms with Crippen LogP contribution in [-0.2, 0) is 22.6 Å². The molecule has 37 heavy (non-hydrogen) atoms. The first-order valence-electron chi connectivity index (χ1n) is 12.5. The first kappa shape index (κ1) is 24.5. The molecule has 192 valence electrons. The molecule has 10 nitrogen and oxygen atoms in total. The highest BCUT2D eigenvalue weighted by atomic mass is 16.5. The molecule has 2 aliphatic rings. The number of anilines is 1. The van der Waals surface area contributed by atoms with Crippen LogP contribution in [0.15, 0.2) is 54.9 Å². The van der Waals surface area contributed by atoms with Gasteiger partial charge in [-0.2, -0.15) is 0 Å². The standard InChI is InChI=1S/C27H30N6O4/c1-31-22-15-19(10-12-24(34)32-13-5-6-14-32)9-11-23(22)37-17-21(27(31)36)29-26(35)25-28-18-33(30-25)16-20-7-3-2-4-8-20/h2-4,7-9,11,15,18,21H,5-6,10,12-14,16-17H2,1H3,(H,29,35)/t21-/m1/s1. The van der Waals surface area contributed by atoms with Gasteiger partial charge in [-0.1, -0.05) is 36.4 Å². The van der Waals surface area contributed by atoms with Gasteiger partial charge in [0.05, 0.1) is 12.2 Å². The summed E-state index contributed by atoms with van der Waals surface area (Å²) in [6.45, 7) is 2.14. The highest BCUT2D eigenvalue weighted by molar-refractivity contribution is 6.02. The van der Waals surface area contributed by atoms with Crippen LogP contribution in [0.2, 0.25) is 0 Å². The van der Waals surface area contributed by atoms with Crippen LogP contribution in [0.3, 0.4) is 0 Å². The van der Waals surface area contributed by atoms with Crippen molar-refractivity contribution in [1.29, 1.82) is 0 Å². The predicted octanol–water partition coefficient (Wildman–Crippen LogP) is 2.04. The van der Waals surface area contributed by atoms with Crippen LogP contribution in [0, 0.1) is 0 Å². The Hall–Kier alpha value is -4.21. The molecule has 0 aliphatic carbocycles. The van der Waals surface area contributed by atoms with Crippen LogP contribution < -0.4 is 15.0 Å². The van der Waals surface area contributed by atoms with Crippen LogP contribution in [0.5, 0.6) is 5.75 Å². The van der Waals surface area contributed by atoms with Gasteiger partial charge in [-0.15, -0.1) is 5.10 Å². The summed E-state index contributed by atoms with van der Waals surface area (Å²) >= 11 is 0. The molecular formula is C27H30N6O4. The number of ether oxygens (including phenoxy) is 1. The van der Waals surface area contributed by atoms with Crippen molar-refractivity contribution in [1.82, 2.24) is 25.0 Å². The van der Waals surface area contributed by atoms with Gasteiger partial charge in [0.15, 0.2) is 0 Å². The van der Waals surface area contributed by atoms with Gasteiger partial charge >= 0.3 is 0 Å². The number of carbonyl (C=O) groups is 3. The van der Waals surface area contributed by atoms with Crippen molar-refractivity contribution in [3.63, 3.8) is 0 Å². The highest BCUT2D eigenvalue weighted by Gasteiger charge is 2.32. The molecule has 0 spiro atoms. The summed E-state index contributed by atoms with van der Waals surface area (Å²) in [6.07, 6.45) is 4.64. The Balaban J connectivity index is 1.21. The molecule has 1 saturated heterocycles. The van der Waals surface area contributed by atoms with Gasteiger partial charge in [0, 0.05) is 26.6 Å². The summed E-state index contributed by atoms with van der Waals surface area (Å²) < 4.78 is 7.46. The molecule has 3 aromatic rings. The third-order valence-electron chi connectivity index (χ3n) is 6.74. The maximum atomic E-state index is 13.2. The number of hydrogen-bond donors (Lipinski definition) is 1. The van der Waals surface area contributed by atoms with Crippen LogP contribution in [0.1, 0.15) is 41.0 Å². The number of hydrogen-bond acceptors (Lipinski definition) is 6. The van der Waals surface area contributed by atoms with E-state index in [0.717, 1.165) is 37.1 Å². The zero-order valence-electron chi connectivity index (χ0n) is 20.8. The number of amides is 3. The molecule has 5 rings (SSSR count). The van der Waals surface area contributed by atoms with Crippen molar-refractivity contribution >= 4 is 23.4 Å². The number of nitrogens with one attached hydrogen (secondary N) is 1. The topological polar surface area (TPSA) is 110 Å². The van der Waals surface area contributed by atoms with Crippen LogP contribution in [0.4, 0.5) is 5.69 Å². The fourth-order valence-electron chi connectivity index (χ4n) is 4.65. The average molecular weight is 503 g/mol. The first-order valence-corrected chi connectivity index (χ1v) is 12.5. The lowest BCUT2D eigenvalue weighted by Crippen LogP contribution is -2.49. The number of benzene rings is 2. The monoisotopic (exact) mass is 502 g/mol. The van der Waals surface area contributed by atoms with E-state index < -0.39 is 11.9 Å². The Labute approximate surface area is 215 Å². The molecule has 0 unspecified atom stereocenters. The SMILES string of the molecule is CN1C(=O)[C@H](NC(=O)c2ncn(Cc3ccccc3)n2)COc2ccc(CCC(=O)N3CCCC3)cc21. The lowest BCUT2D eigenvalue weighted by molar-refractivity contribution is -0.130. The summed E-state index contributed by atoms with van der Waals surface area (Å²) in [5, 5.41) is 6.96. The zero-order valence-corrected chi connectivity index (χ0v) is 20.8. The second-order valence-electron chi connectivity index (χ2n) is 9.38. The molecule has 1 N–H and O–H groups in total. The van der Waals surface area contributed by atoms with E-state index in [1.807, 2.05) is 53.4 Å². The molecule has 1 atom stereocenters. The van der Waals surface area contributed by atoms with E-state index in [1.165, 1.54) is 11.2 Å². The molecule has 3 amide bonds. The molecule has 2 aromatic carbocycles. The molecule has 1 fully saturated rings. The quantitative estimate of drug-likeness (QED) is 0.530. The number of likely N-dealkylation sites (N-methyl/N-ethyl adjacent to an activating group) is 1. The van der Waals surface area contributed by atoms with Crippen molar-refractivity contribution in [2.45, 2.75) is 38.3 Å². The average Bonchev–Trinajstić information content (AvgIpc) is 3.61. The number of rotatable bonds is 7. The Morgan fingerprint density at radius 1 is 1.08 bits per heavy atom. The second-order valence-corrected chi connectivity index (χ2v) is 9.38.